The molecule has 5 unspecified atom stereocenters. The number of carbonyl (C=O) groups is 4. The average Bonchev–Trinajstić information content (AvgIpc) is 2.86. The summed E-state index contributed by atoms with van der Waals surface area (Å²) in [6.45, 7) is 4.67. The van der Waals surface area contributed by atoms with Crippen molar-refractivity contribution in [2.75, 3.05) is 0 Å². The summed E-state index contributed by atoms with van der Waals surface area (Å²) < 4.78 is 0. The number of hydrogen-bond acceptors (Lipinski definition) is 7. The first-order chi connectivity index (χ1) is 17.9. The third-order valence-electron chi connectivity index (χ3n) is 5.94. The van der Waals surface area contributed by atoms with Crippen LogP contribution < -0.4 is 21.7 Å². The molecule has 0 aliphatic carbocycles. The zero-order chi connectivity index (χ0) is 28.4. The second-order valence-electron chi connectivity index (χ2n) is 9.52. The summed E-state index contributed by atoms with van der Waals surface area (Å²) in [6, 6.07) is 10.3. The fraction of sp³-hybridized carbons (Fsp3) is 0.407. The number of nitrogens with one attached hydrogen (secondary N) is 3. The Morgan fingerprint density at radius 1 is 0.763 bits per heavy atom. The highest BCUT2D eigenvalue weighted by atomic mass is 16.4. The van der Waals surface area contributed by atoms with Crippen molar-refractivity contribution in [3.63, 3.8) is 0 Å². The van der Waals surface area contributed by atoms with E-state index < -0.39 is 54.0 Å². The maximum atomic E-state index is 13.3. The molecule has 0 saturated heterocycles. The summed E-state index contributed by atoms with van der Waals surface area (Å²) in [4.78, 5) is 50.6. The molecule has 206 valence electrons. The lowest BCUT2D eigenvalue weighted by molar-refractivity contribution is -0.145. The van der Waals surface area contributed by atoms with Gasteiger partial charge in [0.1, 0.15) is 17.8 Å². The predicted octanol–water partition coefficient (Wildman–Crippen LogP) is 0.0805. The van der Waals surface area contributed by atoms with Gasteiger partial charge in [0.25, 0.3) is 0 Å². The molecule has 0 fully saturated rings. The molecule has 0 aliphatic heterocycles. The van der Waals surface area contributed by atoms with Gasteiger partial charge in [0.15, 0.2) is 6.04 Å². The van der Waals surface area contributed by atoms with Gasteiger partial charge in [-0.3, -0.25) is 14.4 Å². The van der Waals surface area contributed by atoms with Gasteiger partial charge in [-0.2, -0.15) is 0 Å². The molecule has 11 heteroatoms. The van der Waals surface area contributed by atoms with Crippen molar-refractivity contribution < 1.29 is 34.5 Å². The highest BCUT2D eigenvalue weighted by Gasteiger charge is 2.33. The molecule has 0 heterocycles. The average molecular weight is 529 g/mol. The Labute approximate surface area is 221 Å². The number of amides is 3. The molecule has 2 aromatic rings. The van der Waals surface area contributed by atoms with Gasteiger partial charge in [0.2, 0.25) is 17.7 Å². The van der Waals surface area contributed by atoms with Crippen molar-refractivity contribution in [3.8, 4) is 5.75 Å². The first kappa shape index (κ1) is 30.3. The molecule has 2 aromatic carbocycles. The number of carboxylic acids is 1. The van der Waals surface area contributed by atoms with Gasteiger partial charge < -0.3 is 37.0 Å². The van der Waals surface area contributed by atoms with E-state index >= 15 is 0 Å². The molecule has 0 aromatic heterocycles. The zero-order valence-electron chi connectivity index (χ0n) is 21.6. The Morgan fingerprint density at radius 3 is 1.84 bits per heavy atom. The molecule has 0 spiro atoms. The number of aliphatic carboxylic acids is 1. The van der Waals surface area contributed by atoms with E-state index in [0.717, 1.165) is 5.56 Å². The topological polar surface area (TPSA) is 191 Å². The number of aromatic hydroxyl groups is 1. The number of carboxylic acid groups (broad SMARTS) is 1. The van der Waals surface area contributed by atoms with E-state index in [1.807, 2.05) is 0 Å². The molecule has 0 saturated carbocycles. The monoisotopic (exact) mass is 528 g/mol. The molecule has 5 atom stereocenters. The van der Waals surface area contributed by atoms with E-state index in [1.54, 1.807) is 56.3 Å². The van der Waals surface area contributed by atoms with Crippen LogP contribution >= 0.6 is 0 Å². The van der Waals surface area contributed by atoms with Crippen LogP contribution in [0.25, 0.3) is 0 Å². The number of aliphatic hydroxyl groups is 1. The van der Waals surface area contributed by atoms with E-state index in [2.05, 4.69) is 16.0 Å². The van der Waals surface area contributed by atoms with Gasteiger partial charge in [-0.25, -0.2) is 4.79 Å². The molecule has 8 N–H and O–H groups in total. The third-order valence-corrected chi connectivity index (χ3v) is 5.94. The number of rotatable bonds is 13. The first-order valence-electron chi connectivity index (χ1n) is 12.3. The maximum Gasteiger partial charge on any atom is 0.328 e. The van der Waals surface area contributed by atoms with Gasteiger partial charge in [-0.1, -0.05) is 56.3 Å². The van der Waals surface area contributed by atoms with E-state index in [9.17, 15) is 34.5 Å². The Bertz CT molecular complexity index is 1090. The Balaban J connectivity index is 2.17. The first-order valence-corrected chi connectivity index (χ1v) is 12.3. The summed E-state index contributed by atoms with van der Waals surface area (Å²) in [5.74, 6) is -3.73. The lowest BCUT2D eigenvalue weighted by Crippen LogP contribution is -2.59. The second kappa shape index (κ2) is 14.1. The number of nitrogens with two attached hydrogens (primary N) is 1. The van der Waals surface area contributed by atoms with Gasteiger partial charge in [0, 0.05) is 6.42 Å². The molecule has 2 rings (SSSR count). The third kappa shape index (κ3) is 9.16. The second-order valence-corrected chi connectivity index (χ2v) is 9.52. The number of benzene rings is 2. The quantitative estimate of drug-likeness (QED) is 0.190. The SMILES string of the molecule is CC(C)C(NC(=O)C(N)Cc1ccc(O)cc1)C(=O)NC(Cc1ccccc1)C(=O)NC(C(=O)O)C(C)O. The lowest BCUT2D eigenvalue weighted by atomic mass is 9.99. The molecule has 11 nitrogen and oxygen atoms in total. The minimum Gasteiger partial charge on any atom is -0.508 e. The number of phenols is 1. The van der Waals surface area contributed by atoms with Crippen LogP contribution in [0.5, 0.6) is 5.75 Å². The summed E-state index contributed by atoms with van der Waals surface area (Å²) in [6.07, 6.45) is -1.15. The van der Waals surface area contributed by atoms with Crippen molar-refractivity contribution in [2.45, 2.75) is 63.9 Å². The van der Waals surface area contributed by atoms with Crippen molar-refractivity contribution in [2.24, 2.45) is 11.7 Å². The number of phenolic OH excluding ortho intramolecular Hbond substituents is 1. The number of carbonyl (C=O) groups excluding carboxylic acids is 3. The molecule has 38 heavy (non-hydrogen) atoms. The predicted molar refractivity (Wildman–Crippen MR) is 140 cm³/mol. The lowest BCUT2D eigenvalue weighted by Gasteiger charge is -2.27. The fourth-order valence-electron chi connectivity index (χ4n) is 3.74. The standard InChI is InChI=1S/C27H36N4O7/c1-15(2)22(30-24(34)20(28)13-18-9-11-19(33)12-10-18)26(36)29-21(14-17-7-5-4-6-8-17)25(35)31-23(16(3)32)27(37)38/h4-12,15-16,20-23,32-33H,13-14,28H2,1-3H3,(H,29,36)(H,30,34)(H,31,35)(H,37,38). The molecule has 0 bridgehead atoms. The van der Waals surface area contributed by atoms with E-state index in [4.69, 9.17) is 5.73 Å². The molecule has 3 amide bonds. The van der Waals surface area contributed by atoms with Crippen molar-refractivity contribution in [3.05, 3.63) is 65.7 Å². The van der Waals surface area contributed by atoms with Crippen LogP contribution in [0.1, 0.15) is 31.9 Å². The van der Waals surface area contributed by atoms with E-state index in [1.165, 1.54) is 19.1 Å². The van der Waals surface area contributed by atoms with Crippen LogP contribution in [0.3, 0.4) is 0 Å². The van der Waals surface area contributed by atoms with Crippen LogP contribution in [-0.2, 0) is 32.0 Å². The van der Waals surface area contributed by atoms with E-state index in [-0.39, 0.29) is 24.5 Å². The van der Waals surface area contributed by atoms with Gasteiger partial charge in [-0.05, 0) is 42.5 Å². The zero-order valence-corrected chi connectivity index (χ0v) is 21.6. The number of aliphatic hydroxyl groups excluding tert-OH is 1. The van der Waals surface area contributed by atoms with Crippen LogP contribution in [0, 0.1) is 5.92 Å². The summed E-state index contributed by atoms with van der Waals surface area (Å²) in [7, 11) is 0. The van der Waals surface area contributed by atoms with Gasteiger partial charge >= 0.3 is 5.97 Å². The minimum atomic E-state index is -1.57. The van der Waals surface area contributed by atoms with E-state index in [0.29, 0.717) is 5.56 Å². The minimum absolute atomic E-state index is 0.0453. The largest absolute Gasteiger partial charge is 0.508 e. The van der Waals surface area contributed by atoms with Gasteiger partial charge in [0.05, 0.1) is 12.1 Å². The summed E-state index contributed by atoms with van der Waals surface area (Å²) in [5, 5.41) is 36.1. The van der Waals surface area contributed by atoms with Crippen LogP contribution in [0.15, 0.2) is 54.6 Å². The van der Waals surface area contributed by atoms with Crippen molar-refractivity contribution in [1.29, 1.82) is 0 Å². The Morgan fingerprint density at radius 2 is 1.32 bits per heavy atom. The Hall–Kier alpha value is -3.96. The molecule has 0 radical (unpaired) electrons. The Kier molecular flexibility index (Phi) is 11.2. The summed E-state index contributed by atoms with van der Waals surface area (Å²) in [5.41, 5.74) is 7.48. The van der Waals surface area contributed by atoms with Crippen molar-refractivity contribution >= 4 is 23.7 Å². The molecular weight excluding hydrogens is 492 g/mol. The summed E-state index contributed by atoms with van der Waals surface area (Å²) >= 11 is 0. The fourth-order valence-corrected chi connectivity index (χ4v) is 3.74. The van der Waals surface area contributed by atoms with Crippen LogP contribution in [-0.4, -0.2) is 69.3 Å². The van der Waals surface area contributed by atoms with Gasteiger partial charge in [-0.15, -0.1) is 0 Å². The van der Waals surface area contributed by atoms with Crippen LogP contribution in [0.2, 0.25) is 0 Å². The maximum absolute atomic E-state index is 13.3. The smallest absolute Gasteiger partial charge is 0.328 e. The molecular formula is C27H36N4O7. The highest BCUT2D eigenvalue weighted by molar-refractivity contribution is 5.94. The normalized spacial score (nSPS) is 15.0. The van der Waals surface area contributed by atoms with Crippen molar-refractivity contribution in [1.82, 2.24) is 16.0 Å². The highest BCUT2D eigenvalue weighted by Crippen LogP contribution is 2.12. The molecule has 0 aliphatic rings. The number of hydrogen-bond donors (Lipinski definition) is 7. The van der Waals surface area contributed by atoms with Crippen LogP contribution in [0.4, 0.5) is 0 Å².